The lowest BCUT2D eigenvalue weighted by atomic mass is 10.0. The van der Waals surface area contributed by atoms with Crippen LogP contribution in [-0.4, -0.2) is 30.4 Å². The molecule has 1 aliphatic carbocycles. The van der Waals surface area contributed by atoms with Crippen molar-refractivity contribution in [3.8, 4) is 0 Å². The Kier molecular flexibility index (Phi) is 7.37. The molecule has 3 nitrogen and oxygen atoms in total. The van der Waals surface area contributed by atoms with Crippen molar-refractivity contribution in [1.82, 2.24) is 4.90 Å². The molecule has 1 aromatic rings. The van der Waals surface area contributed by atoms with Gasteiger partial charge in [-0.15, -0.1) is 12.4 Å². The van der Waals surface area contributed by atoms with Gasteiger partial charge in [0.15, 0.2) is 0 Å². The molecule has 0 spiro atoms. The summed E-state index contributed by atoms with van der Waals surface area (Å²) in [6.07, 6.45) is 4.97. The Morgan fingerprint density at radius 3 is 2.64 bits per heavy atom. The van der Waals surface area contributed by atoms with Crippen molar-refractivity contribution < 1.29 is 4.79 Å². The van der Waals surface area contributed by atoms with Crippen LogP contribution in [0.15, 0.2) is 18.2 Å². The van der Waals surface area contributed by atoms with Gasteiger partial charge in [-0.3, -0.25) is 4.79 Å². The van der Waals surface area contributed by atoms with E-state index in [2.05, 4.69) is 32.0 Å². The predicted molar refractivity (Wildman–Crippen MR) is 94.5 cm³/mol. The Hall–Kier alpha value is -1.06. The van der Waals surface area contributed by atoms with Crippen LogP contribution in [0.4, 0.5) is 0 Å². The van der Waals surface area contributed by atoms with Crippen LogP contribution in [0.1, 0.15) is 43.4 Å². The number of amides is 1. The van der Waals surface area contributed by atoms with Crippen LogP contribution in [0.2, 0.25) is 0 Å². The number of carbonyl (C=O) groups is 1. The van der Waals surface area contributed by atoms with Gasteiger partial charge in [-0.1, -0.05) is 32.0 Å². The van der Waals surface area contributed by atoms with E-state index in [1.807, 2.05) is 11.9 Å². The first-order chi connectivity index (χ1) is 9.97. The second-order valence-electron chi connectivity index (χ2n) is 6.65. The van der Waals surface area contributed by atoms with E-state index in [0.29, 0.717) is 12.3 Å². The Bertz CT molecular complexity index is 502. The first-order valence-electron chi connectivity index (χ1n) is 8.07. The van der Waals surface area contributed by atoms with Gasteiger partial charge in [-0.25, -0.2) is 0 Å². The minimum Gasteiger partial charge on any atom is -0.345 e. The smallest absolute Gasteiger partial charge is 0.226 e. The topological polar surface area (TPSA) is 46.3 Å². The number of nitrogens with zero attached hydrogens (tertiary/aromatic N) is 1. The first-order valence-corrected chi connectivity index (χ1v) is 8.07. The second-order valence-corrected chi connectivity index (χ2v) is 6.65. The summed E-state index contributed by atoms with van der Waals surface area (Å²) >= 11 is 0. The molecule has 0 bridgehead atoms. The van der Waals surface area contributed by atoms with Gasteiger partial charge in [-0.2, -0.15) is 0 Å². The summed E-state index contributed by atoms with van der Waals surface area (Å²) < 4.78 is 0. The molecule has 22 heavy (non-hydrogen) atoms. The van der Waals surface area contributed by atoms with Crippen LogP contribution in [0.3, 0.4) is 0 Å². The standard InChI is InChI=1S/C18H28N2O.ClH/c1-13(2)17(19)9-10-20(3)18(21)12-14-7-8-15-5-4-6-16(15)11-14;/h7-8,11,13,17H,4-6,9-10,12,19H2,1-3H3;1H. The molecule has 2 N–H and O–H groups in total. The van der Waals surface area contributed by atoms with Gasteiger partial charge < -0.3 is 10.6 Å². The third-order valence-corrected chi connectivity index (χ3v) is 4.60. The highest BCUT2D eigenvalue weighted by Gasteiger charge is 2.15. The van der Waals surface area contributed by atoms with Gasteiger partial charge in [0.25, 0.3) is 0 Å². The van der Waals surface area contributed by atoms with E-state index in [1.54, 1.807) is 0 Å². The maximum atomic E-state index is 12.3. The highest BCUT2D eigenvalue weighted by molar-refractivity contribution is 5.85. The zero-order chi connectivity index (χ0) is 15.4. The zero-order valence-electron chi connectivity index (χ0n) is 14.0. The van der Waals surface area contributed by atoms with Crippen LogP contribution in [0.25, 0.3) is 0 Å². The number of nitrogens with two attached hydrogens (primary N) is 1. The predicted octanol–water partition coefficient (Wildman–Crippen LogP) is 2.97. The van der Waals surface area contributed by atoms with Gasteiger partial charge in [0, 0.05) is 19.6 Å². The van der Waals surface area contributed by atoms with Gasteiger partial charge >= 0.3 is 0 Å². The molecule has 0 aliphatic heterocycles. The van der Waals surface area contributed by atoms with Crippen molar-refractivity contribution in [1.29, 1.82) is 0 Å². The Morgan fingerprint density at radius 2 is 1.95 bits per heavy atom. The van der Waals surface area contributed by atoms with E-state index in [4.69, 9.17) is 5.73 Å². The summed E-state index contributed by atoms with van der Waals surface area (Å²) in [5, 5.41) is 0. The zero-order valence-corrected chi connectivity index (χ0v) is 14.8. The fourth-order valence-electron chi connectivity index (χ4n) is 2.85. The minimum absolute atomic E-state index is 0. The van der Waals surface area contributed by atoms with Gasteiger partial charge in [0.2, 0.25) is 5.91 Å². The molecule has 0 saturated heterocycles. The lowest BCUT2D eigenvalue weighted by Crippen LogP contribution is -2.35. The lowest BCUT2D eigenvalue weighted by molar-refractivity contribution is -0.129. The molecular formula is C18H29ClN2O. The third kappa shape index (κ3) is 4.99. The normalized spacial score (nSPS) is 14.4. The lowest BCUT2D eigenvalue weighted by Gasteiger charge is -2.21. The Labute approximate surface area is 140 Å². The molecule has 1 aromatic carbocycles. The average molecular weight is 325 g/mol. The van der Waals surface area contributed by atoms with E-state index in [9.17, 15) is 4.79 Å². The summed E-state index contributed by atoms with van der Waals surface area (Å²) in [5.74, 6) is 0.647. The molecule has 1 atom stereocenters. The van der Waals surface area contributed by atoms with Crippen molar-refractivity contribution in [2.24, 2.45) is 11.7 Å². The Morgan fingerprint density at radius 1 is 1.27 bits per heavy atom. The average Bonchev–Trinajstić information content (AvgIpc) is 2.91. The highest BCUT2D eigenvalue weighted by Crippen LogP contribution is 2.23. The van der Waals surface area contributed by atoms with E-state index in [-0.39, 0.29) is 24.4 Å². The largest absolute Gasteiger partial charge is 0.345 e. The van der Waals surface area contributed by atoms with E-state index in [1.165, 1.54) is 24.0 Å². The number of halogens is 1. The molecule has 1 unspecified atom stereocenters. The summed E-state index contributed by atoms with van der Waals surface area (Å²) in [6, 6.07) is 6.68. The number of likely N-dealkylation sites (N-methyl/N-ethyl adjacent to an activating group) is 1. The summed E-state index contributed by atoms with van der Waals surface area (Å²) in [6.45, 7) is 4.98. The maximum absolute atomic E-state index is 12.3. The number of aryl methyl sites for hydroxylation is 2. The van der Waals surface area contributed by atoms with Crippen LogP contribution in [0.5, 0.6) is 0 Å². The van der Waals surface area contributed by atoms with E-state index < -0.39 is 0 Å². The molecule has 124 valence electrons. The fourth-order valence-corrected chi connectivity index (χ4v) is 2.85. The molecule has 0 saturated carbocycles. The van der Waals surface area contributed by atoms with Crippen molar-refractivity contribution >= 4 is 18.3 Å². The summed E-state index contributed by atoms with van der Waals surface area (Å²) in [7, 11) is 1.88. The first kappa shape index (κ1) is 19.0. The minimum atomic E-state index is 0. The number of hydrogen-bond acceptors (Lipinski definition) is 2. The quantitative estimate of drug-likeness (QED) is 0.874. The second kappa shape index (κ2) is 8.54. The summed E-state index contributed by atoms with van der Waals surface area (Å²) in [5.41, 5.74) is 10.1. The monoisotopic (exact) mass is 324 g/mol. The van der Waals surface area contributed by atoms with Crippen LogP contribution in [-0.2, 0) is 24.1 Å². The van der Waals surface area contributed by atoms with Gasteiger partial charge in [0.05, 0.1) is 6.42 Å². The van der Waals surface area contributed by atoms with Crippen molar-refractivity contribution in [2.75, 3.05) is 13.6 Å². The molecule has 4 heteroatoms. The molecule has 0 radical (unpaired) electrons. The number of carbonyl (C=O) groups excluding carboxylic acids is 1. The number of rotatable bonds is 6. The van der Waals surface area contributed by atoms with Crippen LogP contribution < -0.4 is 5.73 Å². The van der Waals surface area contributed by atoms with Gasteiger partial charge in [-0.05, 0) is 48.3 Å². The fraction of sp³-hybridized carbons (Fsp3) is 0.611. The molecular weight excluding hydrogens is 296 g/mol. The molecule has 0 heterocycles. The third-order valence-electron chi connectivity index (χ3n) is 4.60. The van der Waals surface area contributed by atoms with Crippen molar-refractivity contribution in [2.45, 2.75) is 52.0 Å². The molecule has 1 amide bonds. The number of benzene rings is 1. The SMILES string of the molecule is CC(C)C(N)CCN(C)C(=O)Cc1ccc2c(c1)CCC2.Cl. The van der Waals surface area contributed by atoms with Crippen LogP contribution >= 0.6 is 12.4 Å². The van der Waals surface area contributed by atoms with Crippen molar-refractivity contribution in [3.63, 3.8) is 0 Å². The Balaban J connectivity index is 0.00000242. The number of fused-ring (bicyclic) bond motifs is 1. The maximum Gasteiger partial charge on any atom is 0.226 e. The molecule has 1 aliphatic rings. The van der Waals surface area contributed by atoms with Crippen LogP contribution in [0, 0.1) is 5.92 Å². The molecule has 0 fully saturated rings. The number of hydrogen-bond donors (Lipinski definition) is 1. The van der Waals surface area contributed by atoms with Crippen molar-refractivity contribution in [3.05, 3.63) is 34.9 Å². The highest BCUT2D eigenvalue weighted by atomic mass is 35.5. The summed E-state index contributed by atoms with van der Waals surface area (Å²) in [4.78, 5) is 14.1. The van der Waals surface area contributed by atoms with E-state index >= 15 is 0 Å². The molecule has 2 rings (SSSR count). The van der Waals surface area contributed by atoms with E-state index in [0.717, 1.165) is 24.9 Å². The van der Waals surface area contributed by atoms with Gasteiger partial charge in [0.1, 0.15) is 0 Å². The molecule has 0 aromatic heterocycles.